The van der Waals surface area contributed by atoms with E-state index in [4.69, 9.17) is 10.00 Å². The second-order valence-electron chi connectivity index (χ2n) is 6.87. The third kappa shape index (κ3) is 5.45. The van der Waals surface area contributed by atoms with Crippen molar-refractivity contribution in [3.63, 3.8) is 0 Å². The minimum Gasteiger partial charge on any atom is -0.497 e. The Morgan fingerprint density at radius 1 is 1.14 bits per heavy atom. The van der Waals surface area contributed by atoms with Gasteiger partial charge in [0.15, 0.2) is 0 Å². The highest BCUT2D eigenvalue weighted by Gasteiger charge is 2.17. The van der Waals surface area contributed by atoms with E-state index in [0.29, 0.717) is 5.56 Å². The Balaban J connectivity index is 1.54. The summed E-state index contributed by atoms with van der Waals surface area (Å²) < 4.78 is 5.22. The maximum atomic E-state index is 12.6. The van der Waals surface area contributed by atoms with E-state index in [1.54, 1.807) is 13.2 Å². The molecule has 5 nitrogen and oxygen atoms in total. The van der Waals surface area contributed by atoms with Crippen LogP contribution in [0.1, 0.15) is 23.1 Å². The van der Waals surface area contributed by atoms with Gasteiger partial charge in [0.05, 0.1) is 18.7 Å². The molecule has 0 N–H and O–H groups in total. The van der Waals surface area contributed by atoms with Crippen LogP contribution in [0.15, 0.2) is 54.6 Å². The summed E-state index contributed by atoms with van der Waals surface area (Å²) in [4.78, 5) is 16.8. The molecule has 0 saturated carbocycles. The maximum absolute atomic E-state index is 12.6. The van der Waals surface area contributed by atoms with E-state index in [2.05, 4.69) is 11.0 Å². The third-order valence-electron chi connectivity index (χ3n) is 4.90. The first-order valence-corrected chi connectivity index (χ1v) is 9.50. The zero-order valence-electron chi connectivity index (χ0n) is 16.2. The van der Waals surface area contributed by atoms with Crippen LogP contribution >= 0.6 is 0 Å². The van der Waals surface area contributed by atoms with E-state index in [1.807, 2.05) is 59.5 Å². The van der Waals surface area contributed by atoms with Gasteiger partial charge in [-0.1, -0.05) is 24.3 Å². The fraction of sp³-hybridized carbons (Fsp3) is 0.304. The lowest BCUT2D eigenvalue weighted by atomic mass is 10.1. The molecule has 0 radical (unpaired) electrons. The van der Waals surface area contributed by atoms with Gasteiger partial charge in [0.25, 0.3) is 0 Å². The van der Waals surface area contributed by atoms with Crippen LogP contribution in [0, 0.1) is 11.3 Å². The quantitative estimate of drug-likeness (QED) is 0.753. The Kier molecular flexibility index (Phi) is 6.83. The topological polar surface area (TPSA) is 56.6 Å². The number of rotatable bonds is 5. The molecule has 0 aromatic heterocycles. The van der Waals surface area contributed by atoms with Crippen molar-refractivity contribution in [2.24, 2.45) is 0 Å². The smallest absolute Gasteiger partial charge is 0.246 e. The molecule has 3 rings (SSSR count). The van der Waals surface area contributed by atoms with Gasteiger partial charge in [0, 0.05) is 38.8 Å². The molecule has 144 valence electrons. The molecular formula is C23H25N3O2. The first kappa shape index (κ1) is 19.7. The Bertz CT molecular complexity index is 868. The molecule has 28 heavy (non-hydrogen) atoms. The number of hydrogen-bond donors (Lipinski definition) is 0. The number of ether oxygens (including phenoxy) is 1. The third-order valence-corrected chi connectivity index (χ3v) is 4.90. The van der Waals surface area contributed by atoms with Crippen LogP contribution in [-0.2, 0) is 11.3 Å². The van der Waals surface area contributed by atoms with Crippen molar-refractivity contribution < 1.29 is 9.53 Å². The highest BCUT2D eigenvalue weighted by Crippen LogP contribution is 2.14. The van der Waals surface area contributed by atoms with Crippen molar-refractivity contribution in [3.05, 3.63) is 71.3 Å². The number of carbonyl (C=O) groups excluding carboxylic acids is 1. The molecule has 1 amide bonds. The average Bonchev–Trinajstić information content (AvgIpc) is 2.98. The number of nitrogens with zero attached hydrogens (tertiary/aromatic N) is 3. The normalized spacial score (nSPS) is 15.2. The molecule has 1 fully saturated rings. The van der Waals surface area contributed by atoms with Crippen molar-refractivity contribution in [1.82, 2.24) is 9.80 Å². The van der Waals surface area contributed by atoms with Gasteiger partial charge in [-0.2, -0.15) is 5.26 Å². The molecule has 1 heterocycles. The lowest BCUT2D eigenvalue weighted by molar-refractivity contribution is -0.125. The van der Waals surface area contributed by atoms with Crippen molar-refractivity contribution in [3.8, 4) is 11.8 Å². The second-order valence-corrected chi connectivity index (χ2v) is 6.87. The number of benzene rings is 2. The Morgan fingerprint density at radius 2 is 1.96 bits per heavy atom. The first-order chi connectivity index (χ1) is 13.7. The van der Waals surface area contributed by atoms with Crippen LogP contribution < -0.4 is 4.74 Å². The van der Waals surface area contributed by atoms with Crippen LogP contribution in [0.5, 0.6) is 5.75 Å². The standard InChI is InChI=1S/C23H25N3O2/c1-28-22-5-2-4-19(16-22)10-11-23(27)26-13-3-12-25(14-15-26)18-21-8-6-20(17-24)7-9-21/h2,4-11,16H,3,12-15,18H2,1H3/b11-10+. The molecule has 2 aromatic rings. The number of amides is 1. The van der Waals surface area contributed by atoms with E-state index in [9.17, 15) is 4.79 Å². The average molecular weight is 375 g/mol. The molecule has 0 bridgehead atoms. The van der Waals surface area contributed by atoms with Gasteiger partial charge >= 0.3 is 0 Å². The number of hydrogen-bond acceptors (Lipinski definition) is 4. The highest BCUT2D eigenvalue weighted by atomic mass is 16.5. The summed E-state index contributed by atoms with van der Waals surface area (Å²) >= 11 is 0. The van der Waals surface area contributed by atoms with Gasteiger partial charge in [-0.05, 0) is 47.9 Å². The van der Waals surface area contributed by atoms with Crippen LogP contribution in [0.4, 0.5) is 0 Å². The minimum absolute atomic E-state index is 0.0445. The van der Waals surface area contributed by atoms with Crippen molar-refractivity contribution in [2.75, 3.05) is 33.3 Å². The molecule has 1 aliphatic heterocycles. The lowest BCUT2D eigenvalue weighted by Gasteiger charge is -2.21. The van der Waals surface area contributed by atoms with E-state index >= 15 is 0 Å². The van der Waals surface area contributed by atoms with Gasteiger partial charge in [-0.15, -0.1) is 0 Å². The molecule has 2 aromatic carbocycles. The molecule has 0 spiro atoms. The summed E-state index contributed by atoms with van der Waals surface area (Å²) in [6.07, 6.45) is 4.43. The van der Waals surface area contributed by atoms with Crippen molar-refractivity contribution >= 4 is 12.0 Å². The molecule has 5 heteroatoms. The summed E-state index contributed by atoms with van der Waals surface area (Å²) in [5.41, 5.74) is 2.82. The highest BCUT2D eigenvalue weighted by molar-refractivity contribution is 5.91. The fourth-order valence-corrected chi connectivity index (χ4v) is 3.31. The minimum atomic E-state index is 0.0445. The molecule has 1 aliphatic rings. The number of nitriles is 1. The molecular weight excluding hydrogens is 350 g/mol. The Hall–Kier alpha value is -3.10. The summed E-state index contributed by atoms with van der Waals surface area (Å²) in [6, 6.07) is 17.5. The SMILES string of the molecule is COc1cccc(/C=C/C(=O)N2CCCN(Cc3ccc(C#N)cc3)CC2)c1. The van der Waals surface area contributed by atoms with E-state index in [1.165, 1.54) is 5.56 Å². The van der Waals surface area contributed by atoms with E-state index in [-0.39, 0.29) is 5.91 Å². The molecule has 1 saturated heterocycles. The summed E-state index contributed by atoms with van der Waals surface area (Å²) in [5.74, 6) is 0.825. The Morgan fingerprint density at radius 3 is 2.71 bits per heavy atom. The lowest BCUT2D eigenvalue weighted by Crippen LogP contribution is -2.34. The van der Waals surface area contributed by atoms with Crippen LogP contribution in [0.3, 0.4) is 0 Å². The molecule has 0 unspecified atom stereocenters. The number of methoxy groups -OCH3 is 1. The predicted octanol–water partition coefficient (Wildman–Crippen LogP) is 3.31. The largest absolute Gasteiger partial charge is 0.497 e. The molecule has 0 atom stereocenters. The van der Waals surface area contributed by atoms with Crippen LogP contribution in [-0.4, -0.2) is 49.0 Å². The van der Waals surface area contributed by atoms with Gasteiger partial charge in [0.1, 0.15) is 5.75 Å². The van der Waals surface area contributed by atoms with Crippen LogP contribution in [0.25, 0.3) is 6.08 Å². The van der Waals surface area contributed by atoms with E-state index < -0.39 is 0 Å². The predicted molar refractivity (Wildman–Crippen MR) is 110 cm³/mol. The summed E-state index contributed by atoms with van der Waals surface area (Å²) in [5, 5.41) is 8.90. The van der Waals surface area contributed by atoms with Gasteiger partial charge in [-0.3, -0.25) is 9.69 Å². The van der Waals surface area contributed by atoms with Gasteiger partial charge in [0.2, 0.25) is 5.91 Å². The first-order valence-electron chi connectivity index (χ1n) is 9.50. The van der Waals surface area contributed by atoms with Gasteiger partial charge in [-0.25, -0.2) is 0 Å². The van der Waals surface area contributed by atoms with Crippen molar-refractivity contribution in [1.29, 1.82) is 5.26 Å². The fourth-order valence-electron chi connectivity index (χ4n) is 3.31. The zero-order chi connectivity index (χ0) is 19.8. The summed E-state index contributed by atoms with van der Waals surface area (Å²) in [6.45, 7) is 4.14. The summed E-state index contributed by atoms with van der Waals surface area (Å²) in [7, 11) is 1.63. The van der Waals surface area contributed by atoms with E-state index in [0.717, 1.165) is 50.5 Å². The van der Waals surface area contributed by atoms with Crippen molar-refractivity contribution in [2.45, 2.75) is 13.0 Å². The monoisotopic (exact) mass is 375 g/mol. The number of carbonyl (C=O) groups is 1. The second kappa shape index (κ2) is 9.72. The van der Waals surface area contributed by atoms with Crippen LogP contribution in [0.2, 0.25) is 0 Å². The van der Waals surface area contributed by atoms with Gasteiger partial charge < -0.3 is 9.64 Å². The molecule has 0 aliphatic carbocycles. The Labute approximate surface area is 166 Å². The zero-order valence-corrected chi connectivity index (χ0v) is 16.2. The maximum Gasteiger partial charge on any atom is 0.246 e.